The number of aryl methyl sites for hydroxylation is 3. The van der Waals surface area contributed by atoms with Gasteiger partial charge in [-0.25, -0.2) is 4.98 Å². The molecule has 0 fully saturated rings. The summed E-state index contributed by atoms with van der Waals surface area (Å²) in [5, 5.41) is 8.44. The van der Waals surface area contributed by atoms with Crippen LogP contribution in [-0.4, -0.2) is 19.6 Å². The number of hydrogen-bond acceptors (Lipinski definition) is 4. The van der Waals surface area contributed by atoms with Crippen molar-refractivity contribution in [2.75, 3.05) is 5.32 Å². The summed E-state index contributed by atoms with van der Waals surface area (Å²) in [6.07, 6.45) is 0.771. The fourth-order valence-electron chi connectivity index (χ4n) is 2.13. The van der Waals surface area contributed by atoms with Crippen LogP contribution in [-0.2, 0) is 6.42 Å². The molecule has 0 bridgehead atoms. The van der Waals surface area contributed by atoms with Crippen molar-refractivity contribution in [3.05, 3.63) is 46.4 Å². The van der Waals surface area contributed by atoms with E-state index in [4.69, 9.17) is 11.6 Å². The van der Waals surface area contributed by atoms with E-state index in [-0.39, 0.29) is 0 Å². The number of benzene rings is 1. The first-order valence-corrected chi connectivity index (χ1v) is 7.21. The quantitative estimate of drug-likeness (QED) is 0.801. The summed E-state index contributed by atoms with van der Waals surface area (Å²) < 4.78 is 1.71. The number of aromatic nitrogens is 4. The number of fused-ring (bicyclic) bond motifs is 1. The smallest absolute Gasteiger partial charge is 0.254 e. The van der Waals surface area contributed by atoms with Crippen LogP contribution in [0.3, 0.4) is 0 Å². The minimum Gasteiger partial charge on any atom is -0.339 e. The van der Waals surface area contributed by atoms with Crippen molar-refractivity contribution >= 4 is 28.9 Å². The maximum Gasteiger partial charge on any atom is 0.254 e. The molecule has 0 radical (unpaired) electrons. The lowest BCUT2D eigenvalue weighted by Crippen LogP contribution is -2.03. The monoisotopic (exact) mass is 301 g/mol. The Morgan fingerprint density at radius 3 is 2.71 bits per heavy atom. The van der Waals surface area contributed by atoms with E-state index in [1.54, 1.807) is 4.52 Å². The Bertz CT molecular complexity index is 809. The minimum atomic E-state index is 0.595. The Balaban J connectivity index is 2.08. The lowest BCUT2D eigenvalue weighted by molar-refractivity contribution is 0.882. The highest BCUT2D eigenvalue weighted by Gasteiger charge is 2.10. The maximum atomic E-state index is 6.28. The average Bonchev–Trinajstić information content (AvgIpc) is 2.85. The molecule has 1 N–H and O–H groups in total. The van der Waals surface area contributed by atoms with E-state index < -0.39 is 0 Å². The van der Waals surface area contributed by atoms with Crippen LogP contribution < -0.4 is 5.32 Å². The Morgan fingerprint density at radius 2 is 2.00 bits per heavy atom. The molecule has 21 heavy (non-hydrogen) atoms. The van der Waals surface area contributed by atoms with Crippen molar-refractivity contribution in [1.29, 1.82) is 0 Å². The van der Waals surface area contributed by atoms with Crippen LogP contribution in [0.1, 0.15) is 24.0 Å². The molecule has 0 aliphatic carbocycles. The lowest BCUT2D eigenvalue weighted by Gasteiger charge is -2.10. The normalized spacial score (nSPS) is 11.0. The van der Waals surface area contributed by atoms with Crippen LogP contribution in [0, 0.1) is 13.8 Å². The first-order valence-electron chi connectivity index (χ1n) is 6.83. The Kier molecular flexibility index (Phi) is 3.51. The van der Waals surface area contributed by atoms with Gasteiger partial charge in [-0.15, -0.1) is 5.10 Å². The summed E-state index contributed by atoms with van der Waals surface area (Å²) in [4.78, 5) is 8.80. The molecular formula is C15H16ClN5. The van der Waals surface area contributed by atoms with Crippen LogP contribution in [0.4, 0.5) is 11.5 Å². The van der Waals surface area contributed by atoms with Crippen molar-refractivity contribution in [3.63, 3.8) is 0 Å². The predicted octanol–water partition coefficient (Wildman–Crippen LogP) is 3.70. The first kappa shape index (κ1) is 13.8. The summed E-state index contributed by atoms with van der Waals surface area (Å²) in [7, 11) is 0. The van der Waals surface area contributed by atoms with Gasteiger partial charge in [0.25, 0.3) is 5.78 Å². The molecule has 0 amide bonds. The van der Waals surface area contributed by atoms with E-state index in [0.717, 1.165) is 35.0 Å². The topological polar surface area (TPSA) is 55.1 Å². The van der Waals surface area contributed by atoms with Gasteiger partial charge in [0.15, 0.2) is 5.82 Å². The molecule has 3 rings (SSSR count). The third-order valence-electron chi connectivity index (χ3n) is 3.19. The van der Waals surface area contributed by atoms with E-state index in [2.05, 4.69) is 20.4 Å². The zero-order valence-electron chi connectivity index (χ0n) is 12.2. The lowest BCUT2D eigenvalue weighted by atomic mass is 10.2. The summed E-state index contributed by atoms with van der Waals surface area (Å²) in [5.74, 6) is 2.17. The second-order valence-electron chi connectivity index (χ2n) is 4.98. The molecule has 0 unspecified atom stereocenters. The van der Waals surface area contributed by atoms with Crippen LogP contribution in [0.2, 0.25) is 5.02 Å². The van der Waals surface area contributed by atoms with E-state index >= 15 is 0 Å². The zero-order chi connectivity index (χ0) is 15.0. The number of halogens is 1. The molecule has 0 aliphatic heterocycles. The molecular weight excluding hydrogens is 286 g/mol. The fourth-order valence-corrected chi connectivity index (χ4v) is 2.41. The van der Waals surface area contributed by atoms with Gasteiger partial charge in [0.05, 0.1) is 10.7 Å². The van der Waals surface area contributed by atoms with E-state index in [0.29, 0.717) is 10.8 Å². The summed E-state index contributed by atoms with van der Waals surface area (Å²) in [6.45, 7) is 5.96. The van der Waals surface area contributed by atoms with Gasteiger partial charge in [-0.3, -0.25) is 0 Å². The van der Waals surface area contributed by atoms with Gasteiger partial charge in [0.2, 0.25) is 0 Å². The van der Waals surface area contributed by atoms with E-state index in [1.165, 1.54) is 0 Å². The number of rotatable bonds is 3. The van der Waals surface area contributed by atoms with Crippen molar-refractivity contribution in [2.24, 2.45) is 0 Å². The number of nitrogens with zero attached hydrogens (tertiary/aromatic N) is 4. The molecule has 6 heteroatoms. The molecule has 0 atom stereocenters. The van der Waals surface area contributed by atoms with Crippen LogP contribution >= 0.6 is 11.6 Å². The zero-order valence-corrected chi connectivity index (χ0v) is 12.9. The highest BCUT2D eigenvalue weighted by atomic mass is 35.5. The van der Waals surface area contributed by atoms with Crippen LogP contribution in [0.25, 0.3) is 5.78 Å². The van der Waals surface area contributed by atoms with Gasteiger partial charge in [-0.05, 0) is 31.5 Å². The Hall–Kier alpha value is -2.14. The molecule has 0 saturated carbocycles. The highest BCUT2D eigenvalue weighted by molar-refractivity contribution is 6.33. The number of hydrogen-bond donors (Lipinski definition) is 1. The molecule has 108 valence electrons. The van der Waals surface area contributed by atoms with Crippen LogP contribution in [0.5, 0.6) is 0 Å². The number of anilines is 2. The van der Waals surface area contributed by atoms with Gasteiger partial charge in [-0.2, -0.15) is 9.50 Å². The number of nitrogens with one attached hydrogen (secondary N) is 1. The summed E-state index contributed by atoms with van der Waals surface area (Å²) >= 11 is 6.28. The van der Waals surface area contributed by atoms with Gasteiger partial charge in [-0.1, -0.05) is 24.6 Å². The Morgan fingerprint density at radius 1 is 1.19 bits per heavy atom. The van der Waals surface area contributed by atoms with Gasteiger partial charge in [0.1, 0.15) is 5.82 Å². The molecule has 3 aromatic rings. The second-order valence-corrected chi connectivity index (χ2v) is 5.39. The second kappa shape index (κ2) is 5.33. The highest BCUT2D eigenvalue weighted by Crippen LogP contribution is 2.26. The van der Waals surface area contributed by atoms with Crippen molar-refractivity contribution < 1.29 is 0 Å². The van der Waals surface area contributed by atoms with Crippen molar-refractivity contribution in [2.45, 2.75) is 27.2 Å². The SMILES string of the molecule is CCc1nc2nc(C)cc(Nc3ccc(C)cc3Cl)n2n1. The largest absolute Gasteiger partial charge is 0.339 e. The third kappa shape index (κ3) is 2.69. The van der Waals surface area contributed by atoms with Crippen LogP contribution in [0.15, 0.2) is 24.3 Å². The summed E-state index contributed by atoms with van der Waals surface area (Å²) in [5.41, 5.74) is 2.83. The first-order chi connectivity index (χ1) is 10.1. The molecule has 2 aromatic heterocycles. The van der Waals surface area contributed by atoms with Gasteiger partial charge >= 0.3 is 0 Å². The average molecular weight is 302 g/mol. The fraction of sp³-hybridized carbons (Fsp3) is 0.267. The molecule has 0 spiro atoms. The summed E-state index contributed by atoms with van der Waals surface area (Å²) in [6, 6.07) is 7.82. The van der Waals surface area contributed by atoms with Gasteiger partial charge < -0.3 is 5.32 Å². The molecule has 0 saturated heterocycles. The van der Waals surface area contributed by atoms with Crippen molar-refractivity contribution in [1.82, 2.24) is 19.6 Å². The minimum absolute atomic E-state index is 0.595. The van der Waals surface area contributed by atoms with E-state index in [9.17, 15) is 0 Å². The van der Waals surface area contributed by atoms with Gasteiger partial charge in [0, 0.05) is 18.2 Å². The predicted molar refractivity (Wildman–Crippen MR) is 84.4 cm³/mol. The van der Waals surface area contributed by atoms with Crippen molar-refractivity contribution in [3.8, 4) is 0 Å². The Labute approximate surface area is 128 Å². The maximum absolute atomic E-state index is 6.28. The third-order valence-corrected chi connectivity index (χ3v) is 3.50. The molecule has 5 nitrogen and oxygen atoms in total. The standard InChI is InChI=1S/C15H16ClN5/c1-4-13-19-15-17-10(3)8-14(21(15)20-13)18-12-6-5-9(2)7-11(12)16/h5-8,18H,4H2,1-3H3. The molecule has 1 aromatic carbocycles. The molecule has 0 aliphatic rings. The molecule has 2 heterocycles. The van der Waals surface area contributed by atoms with E-state index in [1.807, 2.05) is 45.0 Å².